The van der Waals surface area contributed by atoms with Gasteiger partial charge in [-0.1, -0.05) is 12.1 Å². The normalized spacial score (nSPS) is 9.90. The lowest BCUT2D eigenvalue weighted by Gasteiger charge is -2.08. The molecule has 2 aromatic rings. The van der Waals surface area contributed by atoms with Crippen molar-refractivity contribution in [1.29, 1.82) is 0 Å². The van der Waals surface area contributed by atoms with Gasteiger partial charge < -0.3 is 10.1 Å². The Morgan fingerprint density at radius 2 is 1.85 bits per heavy atom. The molecule has 0 radical (unpaired) electrons. The number of anilines is 2. The van der Waals surface area contributed by atoms with Crippen molar-refractivity contribution in [3.8, 4) is 0 Å². The summed E-state index contributed by atoms with van der Waals surface area (Å²) in [5.74, 6) is -0.248. The first-order chi connectivity index (χ1) is 9.67. The Labute approximate surface area is 116 Å². The first-order valence-corrected chi connectivity index (χ1v) is 6.11. The molecule has 104 valence electrons. The second-order valence-electron chi connectivity index (χ2n) is 4.18. The average Bonchev–Trinajstić information content (AvgIpc) is 2.46. The van der Waals surface area contributed by atoms with Crippen LogP contribution in [0.25, 0.3) is 0 Å². The van der Waals surface area contributed by atoms with Crippen LogP contribution in [0.2, 0.25) is 0 Å². The third kappa shape index (κ3) is 3.98. The molecule has 2 aromatic carbocycles. The molecule has 2 rings (SSSR count). The van der Waals surface area contributed by atoms with Gasteiger partial charge in [0.25, 0.3) is 0 Å². The molecule has 0 fully saturated rings. The van der Waals surface area contributed by atoms with Crippen LogP contribution >= 0.6 is 0 Å². The van der Waals surface area contributed by atoms with Crippen molar-refractivity contribution in [2.45, 2.75) is 6.54 Å². The number of hydrogen-bond donors (Lipinski definition) is 2. The lowest BCUT2D eigenvalue weighted by Crippen LogP contribution is -2.10. The quantitative estimate of drug-likeness (QED) is 0.895. The van der Waals surface area contributed by atoms with E-state index in [9.17, 15) is 9.18 Å². The van der Waals surface area contributed by atoms with E-state index in [1.54, 1.807) is 18.2 Å². The summed E-state index contributed by atoms with van der Waals surface area (Å²) >= 11 is 0. The van der Waals surface area contributed by atoms with E-state index in [2.05, 4.69) is 15.4 Å². The summed E-state index contributed by atoms with van der Waals surface area (Å²) in [6.45, 7) is 0.529. The zero-order chi connectivity index (χ0) is 14.4. The van der Waals surface area contributed by atoms with Gasteiger partial charge in [-0.25, -0.2) is 9.18 Å². The Morgan fingerprint density at radius 1 is 1.15 bits per heavy atom. The molecular formula is C15H15FN2O2. The molecule has 2 N–H and O–H groups in total. The third-order valence-corrected chi connectivity index (χ3v) is 2.70. The van der Waals surface area contributed by atoms with E-state index in [1.807, 2.05) is 18.2 Å². The maximum atomic E-state index is 13.0. The summed E-state index contributed by atoms with van der Waals surface area (Å²) in [5.41, 5.74) is 2.39. The van der Waals surface area contributed by atoms with E-state index < -0.39 is 6.09 Å². The fourth-order valence-corrected chi connectivity index (χ4v) is 1.69. The number of ether oxygens (including phenoxy) is 1. The predicted octanol–water partition coefficient (Wildman–Crippen LogP) is 3.62. The Morgan fingerprint density at radius 3 is 2.50 bits per heavy atom. The van der Waals surface area contributed by atoms with Gasteiger partial charge in [0.1, 0.15) is 5.82 Å². The number of methoxy groups -OCH3 is 1. The second kappa shape index (κ2) is 6.56. The zero-order valence-corrected chi connectivity index (χ0v) is 11.0. The lowest BCUT2D eigenvalue weighted by molar-refractivity contribution is 0.187. The van der Waals surface area contributed by atoms with Crippen molar-refractivity contribution in [2.24, 2.45) is 0 Å². The van der Waals surface area contributed by atoms with Gasteiger partial charge in [-0.05, 0) is 42.0 Å². The van der Waals surface area contributed by atoms with Gasteiger partial charge in [0, 0.05) is 17.9 Å². The topological polar surface area (TPSA) is 50.4 Å². The van der Waals surface area contributed by atoms with Crippen molar-refractivity contribution in [3.05, 3.63) is 59.9 Å². The van der Waals surface area contributed by atoms with E-state index in [0.717, 1.165) is 11.3 Å². The maximum absolute atomic E-state index is 13.0. The molecule has 0 unspecified atom stereocenters. The van der Waals surface area contributed by atoms with Crippen molar-refractivity contribution in [3.63, 3.8) is 0 Å². The van der Waals surface area contributed by atoms with Crippen LogP contribution in [-0.2, 0) is 11.3 Å². The van der Waals surface area contributed by atoms with Crippen LogP contribution in [0.3, 0.4) is 0 Å². The molecule has 0 saturated carbocycles. The summed E-state index contributed by atoms with van der Waals surface area (Å²) in [4.78, 5) is 11.0. The standard InChI is InChI=1S/C15H15FN2O2/c1-20-15(19)18-14-7-5-13(6-8-14)17-10-11-3-2-4-12(16)9-11/h2-9,17H,10H2,1H3,(H,18,19). The summed E-state index contributed by atoms with van der Waals surface area (Å²) in [5, 5.41) is 5.73. The molecule has 0 heterocycles. The van der Waals surface area contributed by atoms with Crippen molar-refractivity contribution in [2.75, 3.05) is 17.7 Å². The number of carbonyl (C=O) groups is 1. The molecule has 20 heavy (non-hydrogen) atoms. The molecular weight excluding hydrogens is 259 g/mol. The zero-order valence-electron chi connectivity index (χ0n) is 11.0. The molecule has 0 atom stereocenters. The van der Waals surface area contributed by atoms with Crippen LogP contribution < -0.4 is 10.6 Å². The molecule has 1 amide bonds. The van der Waals surface area contributed by atoms with Gasteiger partial charge in [0.2, 0.25) is 0 Å². The predicted molar refractivity (Wildman–Crippen MR) is 76.2 cm³/mol. The smallest absolute Gasteiger partial charge is 0.411 e. The SMILES string of the molecule is COC(=O)Nc1ccc(NCc2cccc(F)c2)cc1. The highest BCUT2D eigenvalue weighted by molar-refractivity contribution is 5.84. The Bertz CT molecular complexity index is 585. The van der Waals surface area contributed by atoms with E-state index in [0.29, 0.717) is 12.2 Å². The summed E-state index contributed by atoms with van der Waals surface area (Å²) < 4.78 is 17.5. The van der Waals surface area contributed by atoms with Crippen LogP contribution in [0.15, 0.2) is 48.5 Å². The number of rotatable bonds is 4. The van der Waals surface area contributed by atoms with Crippen molar-refractivity contribution in [1.82, 2.24) is 0 Å². The third-order valence-electron chi connectivity index (χ3n) is 2.70. The van der Waals surface area contributed by atoms with Gasteiger partial charge in [0.15, 0.2) is 0 Å². The number of carbonyl (C=O) groups excluding carboxylic acids is 1. The first-order valence-electron chi connectivity index (χ1n) is 6.11. The minimum Gasteiger partial charge on any atom is -0.453 e. The van der Waals surface area contributed by atoms with Crippen LogP contribution in [0.1, 0.15) is 5.56 Å². The van der Waals surface area contributed by atoms with Crippen LogP contribution in [0.5, 0.6) is 0 Å². The summed E-state index contributed by atoms with van der Waals surface area (Å²) in [6.07, 6.45) is -0.509. The monoisotopic (exact) mass is 274 g/mol. The molecule has 4 nitrogen and oxygen atoms in total. The average molecular weight is 274 g/mol. The van der Waals surface area contributed by atoms with E-state index in [-0.39, 0.29) is 5.82 Å². The fourth-order valence-electron chi connectivity index (χ4n) is 1.69. The number of nitrogens with one attached hydrogen (secondary N) is 2. The van der Waals surface area contributed by atoms with Gasteiger partial charge in [-0.2, -0.15) is 0 Å². The number of halogens is 1. The second-order valence-corrected chi connectivity index (χ2v) is 4.18. The fraction of sp³-hybridized carbons (Fsp3) is 0.133. The van der Waals surface area contributed by atoms with Gasteiger partial charge >= 0.3 is 6.09 Å². The van der Waals surface area contributed by atoms with Crippen LogP contribution in [0, 0.1) is 5.82 Å². The molecule has 0 aliphatic carbocycles. The Kier molecular flexibility index (Phi) is 4.55. The Balaban J connectivity index is 1.92. The molecule has 0 aliphatic heterocycles. The van der Waals surface area contributed by atoms with Crippen molar-refractivity contribution >= 4 is 17.5 Å². The van der Waals surface area contributed by atoms with Gasteiger partial charge in [-0.3, -0.25) is 5.32 Å². The van der Waals surface area contributed by atoms with Gasteiger partial charge in [-0.15, -0.1) is 0 Å². The number of hydrogen-bond acceptors (Lipinski definition) is 3. The molecule has 0 bridgehead atoms. The molecule has 0 aromatic heterocycles. The summed E-state index contributed by atoms with van der Waals surface area (Å²) in [7, 11) is 1.31. The molecule has 0 saturated heterocycles. The minimum atomic E-state index is -0.509. The number of benzene rings is 2. The first kappa shape index (κ1) is 13.9. The van der Waals surface area contributed by atoms with Gasteiger partial charge in [0.05, 0.1) is 7.11 Å². The molecule has 0 aliphatic rings. The lowest BCUT2D eigenvalue weighted by atomic mass is 10.2. The van der Waals surface area contributed by atoms with Crippen LogP contribution in [-0.4, -0.2) is 13.2 Å². The maximum Gasteiger partial charge on any atom is 0.411 e. The minimum absolute atomic E-state index is 0.248. The molecule has 0 spiro atoms. The van der Waals surface area contributed by atoms with Crippen LogP contribution in [0.4, 0.5) is 20.6 Å². The van der Waals surface area contributed by atoms with E-state index in [4.69, 9.17) is 0 Å². The Hall–Kier alpha value is -2.56. The van der Waals surface area contributed by atoms with E-state index in [1.165, 1.54) is 19.2 Å². The highest BCUT2D eigenvalue weighted by Crippen LogP contribution is 2.15. The highest BCUT2D eigenvalue weighted by atomic mass is 19.1. The van der Waals surface area contributed by atoms with Crippen molar-refractivity contribution < 1.29 is 13.9 Å². The van der Waals surface area contributed by atoms with E-state index >= 15 is 0 Å². The largest absolute Gasteiger partial charge is 0.453 e. The highest BCUT2D eigenvalue weighted by Gasteiger charge is 2.00. The molecule has 5 heteroatoms. The summed E-state index contributed by atoms with van der Waals surface area (Å²) in [6, 6.07) is 13.6. The number of amides is 1.